The van der Waals surface area contributed by atoms with Gasteiger partial charge in [0.25, 0.3) is 5.91 Å². The van der Waals surface area contributed by atoms with Gasteiger partial charge in [-0.2, -0.15) is 0 Å². The minimum absolute atomic E-state index is 0. The number of benzene rings is 1. The molecule has 1 amide bonds. The van der Waals surface area contributed by atoms with Crippen LogP contribution < -0.4 is 20.5 Å². The van der Waals surface area contributed by atoms with Crippen LogP contribution in [0, 0.1) is 5.92 Å². The molecule has 0 aromatic heterocycles. The summed E-state index contributed by atoms with van der Waals surface area (Å²) in [5.74, 6) is 1.21. The van der Waals surface area contributed by atoms with E-state index < -0.39 is 0 Å². The third-order valence-corrected chi connectivity index (χ3v) is 3.82. The lowest BCUT2D eigenvalue weighted by atomic mass is 10.1. The van der Waals surface area contributed by atoms with Gasteiger partial charge < -0.3 is 20.5 Å². The average Bonchev–Trinajstić information content (AvgIpc) is 3.31. The highest BCUT2D eigenvalue weighted by Crippen LogP contribution is 2.37. The van der Waals surface area contributed by atoms with Gasteiger partial charge in [0.05, 0.1) is 18.7 Å². The summed E-state index contributed by atoms with van der Waals surface area (Å²) in [6.07, 6.45) is 2.24. The highest BCUT2D eigenvalue weighted by atomic mass is 35.5. The van der Waals surface area contributed by atoms with Crippen molar-refractivity contribution in [2.45, 2.75) is 25.8 Å². The zero-order valence-electron chi connectivity index (χ0n) is 12.7. The third kappa shape index (κ3) is 4.41. The van der Waals surface area contributed by atoms with Gasteiger partial charge in [0.1, 0.15) is 0 Å². The Hall–Kier alpha value is -1.17. The number of carbonyl (C=O) groups excluding carboxylic acids is 1. The largest absolute Gasteiger partial charge is 0.493 e. The van der Waals surface area contributed by atoms with Gasteiger partial charge in [-0.15, -0.1) is 12.4 Å². The molecule has 1 aliphatic rings. The maximum Gasteiger partial charge on any atom is 0.251 e. The Labute approximate surface area is 141 Å². The van der Waals surface area contributed by atoms with Gasteiger partial charge in [-0.1, -0.05) is 11.6 Å². The van der Waals surface area contributed by atoms with Gasteiger partial charge in [0.15, 0.2) is 11.5 Å². The molecule has 0 saturated heterocycles. The average molecular weight is 349 g/mol. The van der Waals surface area contributed by atoms with Crippen molar-refractivity contribution in [2.75, 3.05) is 20.3 Å². The summed E-state index contributed by atoms with van der Waals surface area (Å²) in [5, 5.41) is 3.31. The second-order valence-electron chi connectivity index (χ2n) is 5.08. The predicted molar refractivity (Wildman–Crippen MR) is 89.5 cm³/mol. The second-order valence-corrected chi connectivity index (χ2v) is 5.48. The number of rotatable bonds is 7. The van der Waals surface area contributed by atoms with Crippen molar-refractivity contribution >= 4 is 29.9 Å². The predicted octanol–water partition coefficient (Wildman–Crippen LogP) is 2.64. The molecule has 1 unspecified atom stereocenters. The molecule has 0 radical (unpaired) electrons. The lowest BCUT2D eigenvalue weighted by Gasteiger charge is -2.17. The minimum atomic E-state index is -0.194. The van der Waals surface area contributed by atoms with Crippen LogP contribution in [0.1, 0.15) is 30.1 Å². The van der Waals surface area contributed by atoms with E-state index in [-0.39, 0.29) is 24.4 Å². The molecule has 5 nitrogen and oxygen atoms in total. The SMILES string of the molecule is CCOc1c(Cl)cc(C(=O)NC(CN)C2CC2)cc1OC.Cl. The summed E-state index contributed by atoms with van der Waals surface area (Å²) >= 11 is 6.17. The van der Waals surface area contributed by atoms with Crippen LogP contribution in [-0.2, 0) is 0 Å². The van der Waals surface area contributed by atoms with Crippen LogP contribution in [0.3, 0.4) is 0 Å². The van der Waals surface area contributed by atoms with Crippen LogP contribution >= 0.6 is 24.0 Å². The van der Waals surface area contributed by atoms with E-state index in [1.54, 1.807) is 12.1 Å². The number of halogens is 2. The van der Waals surface area contributed by atoms with Gasteiger partial charge in [0.2, 0.25) is 0 Å². The van der Waals surface area contributed by atoms with Crippen molar-refractivity contribution < 1.29 is 14.3 Å². The van der Waals surface area contributed by atoms with Crippen molar-refractivity contribution in [3.8, 4) is 11.5 Å². The Morgan fingerprint density at radius 1 is 1.50 bits per heavy atom. The molecule has 1 fully saturated rings. The second kappa shape index (κ2) is 8.46. The first-order valence-electron chi connectivity index (χ1n) is 7.12. The van der Waals surface area contributed by atoms with Gasteiger partial charge in [0, 0.05) is 18.2 Å². The highest BCUT2D eigenvalue weighted by Gasteiger charge is 2.31. The number of ether oxygens (including phenoxy) is 2. The van der Waals surface area contributed by atoms with Crippen LogP contribution in [-0.4, -0.2) is 32.2 Å². The number of amides is 1. The Morgan fingerprint density at radius 2 is 2.18 bits per heavy atom. The molecule has 7 heteroatoms. The maximum absolute atomic E-state index is 12.3. The normalized spacial score (nSPS) is 14.7. The van der Waals surface area contributed by atoms with E-state index in [2.05, 4.69) is 5.32 Å². The molecule has 1 aromatic rings. The quantitative estimate of drug-likeness (QED) is 0.794. The van der Waals surface area contributed by atoms with Crippen LogP contribution in [0.15, 0.2) is 12.1 Å². The molecule has 1 aromatic carbocycles. The fourth-order valence-electron chi connectivity index (χ4n) is 2.25. The van der Waals surface area contributed by atoms with Crippen molar-refractivity contribution in [1.82, 2.24) is 5.32 Å². The Balaban J connectivity index is 0.00000242. The molecule has 2 rings (SSSR count). The zero-order valence-corrected chi connectivity index (χ0v) is 14.3. The summed E-state index contributed by atoms with van der Waals surface area (Å²) in [5.41, 5.74) is 6.15. The topological polar surface area (TPSA) is 73.6 Å². The highest BCUT2D eigenvalue weighted by molar-refractivity contribution is 6.32. The first-order chi connectivity index (χ1) is 10.1. The van der Waals surface area contributed by atoms with Crippen molar-refractivity contribution in [1.29, 1.82) is 0 Å². The van der Waals surface area contributed by atoms with E-state index >= 15 is 0 Å². The first-order valence-corrected chi connectivity index (χ1v) is 7.49. The fraction of sp³-hybridized carbons (Fsp3) is 0.533. The zero-order chi connectivity index (χ0) is 15.4. The van der Waals surface area contributed by atoms with E-state index in [1.165, 1.54) is 7.11 Å². The van der Waals surface area contributed by atoms with E-state index in [0.29, 0.717) is 41.2 Å². The maximum atomic E-state index is 12.3. The third-order valence-electron chi connectivity index (χ3n) is 3.54. The number of hydrogen-bond acceptors (Lipinski definition) is 4. The molecule has 1 atom stereocenters. The van der Waals surface area contributed by atoms with Crippen LogP contribution in [0.2, 0.25) is 5.02 Å². The number of nitrogens with two attached hydrogens (primary N) is 1. The summed E-state index contributed by atoms with van der Waals surface area (Å²) in [6.45, 7) is 2.77. The molecule has 0 bridgehead atoms. The van der Waals surface area contributed by atoms with Gasteiger partial charge in [-0.3, -0.25) is 4.79 Å². The molecule has 0 spiro atoms. The number of methoxy groups -OCH3 is 1. The van der Waals surface area contributed by atoms with Crippen LogP contribution in [0.25, 0.3) is 0 Å². The summed E-state index contributed by atoms with van der Waals surface area (Å²) in [7, 11) is 1.52. The fourth-order valence-corrected chi connectivity index (χ4v) is 2.52. The monoisotopic (exact) mass is 348 g/mol. The molecule has 3 N–H and O–H groups in total. The smallest absolute Gasteiger partial charge is 0.251 e. The van der Waals surface area contributed by atoms with Crippen molar-refractivity contribution in [2.24, 2.45) is 11.7 Å². The Bertz CT molecular complexity index is 522. The molecule has 0 aliphatic heterocycles. The molecule has 1 aliphatic carbocycles. The molecular formula is C15H22Cl2N2O3. The molecule has 22 heavy (non-hydrogen) atoms. The van der Waals surface area contributed by atoms with E-state index in [4.69, 9.17) is 26.8 Å². The Morgan fingerprint density at radius 3 is 2.68 bits per heavy atom. The number of carbonyl (C=O) groups is 1. The molecule has 124 valence electrons. The van der Waals surface area contributed by atoms with Crippen molar-refractivity contribution in [3.63, 3.8) is 0 Å². The van der Waals surface area contributed by atoms with Crippen molar-refractivity contribution in [3.05, 3.63) is 22.7 Å². The summed E-state index contributed by atoms with van der Waals surface area (Å²) in [4.78, 5) is 12.3. The molecule has 0 heterocycles. The number of hydrogen-bond donors (Lipinski definition) is 2. The lowest BCUT2D eigenvalue weighted by molar-refractivity contribution is 0.0933. The van der Waals surface area contributed by atoms with Crippen LogP contribution in [0.4, 0.5) is 0 Å². The van der Waals surface area contributed by atoms with E-state index in [9.17, 15) is 4.79 Å². The molecular weight excluding hydrogens is 327 g/mol. The van der Waals surface area contributed by atoms with Gasteiger partial charge in [-0.25, -0.2) is 0 Å². The lowest BCUT2D eigenvalue weighted by Crippen LogP contribution is -2.41. The summed E-state index contributed by atoms with van der Waals surface area (Å²) in [6, 6.07) is 3.24. The number of nitrogens with one attached hydrogen (secondary N) is 1. The first kappa shape index (κ1) is 18.9. The van der Waals surface area contributed by atoms with Crippen LogP contribution in [0.5, 0.6) is 11.5 Å². The minimum Gasteiger partial charge on any atom is -0.493 e. The Kier molecular flexibility index (Phi) is 7.26. The van der Waals surface area contributed by atoms with E-state index in [1.807, 2.05) is 6.92 Å². The van der Waals surface area contributed by atoms with Gasteiger partial charge >= 0.3 is 0 Å². The van der Waals surface area contributed by atoms with Gasteiger partial charge in [-0.05, 0) is 37.8 Å². The molecule has 1 saturated carbocycles. The summed E-state index contributed by atoms with van der Waals surface area (Å²) < 4.78 is 10.7. The van der Waals surface area contributed by atoms with E-state index in [0.717, 1.165) is 12.8 Å². The standard InChI is InChI=1S/C15H21ClN2O3.ClH/c1-3-21-14-11(16)6-10(7-13(14)20-2)15(19)18-12(8-17)9-4-5-9;/h6-7,9,12H,3-5,8,17H2,1-2H3,(H,18,19);1H.